The maximum Gasteiger partial charge on any atom is 0.259 e. The van der Waals surface area contributed by atoms with E-state index in [0.29, 0.717) is 6.61 Å². The van der Waals surface area contributed by atoms with Crippen LogP contribution in [0.1, 0.15) is 11.8 Å². The highest BCUT2D eigenvalue weighted by Gasteiger charge is 2.00. The standard InChI is InChI=1S/C15H17N3O2S/c1-2-20-13-7-5-12(6-8-13)16-11-15(19)18-17-10-14-4-3-9-21-14/h3-10,16H,2,11H2,1H3,(H,18,19)/b17-10+. The zero-order valence-corrected chi connectivity index (χ0v) is 12.5. The second kappa shape index (κ2) is 8.06. The minimum atomic E-state index is -0.198. The van der Waals surface area contributed by atoms with Gasteiger partial charge in [0.15, 0.2) is 0 Å². The predicted octanol–water partition coefficient (Wildman–Crippen LogP) is 2.71. The maximum atomic E-state index is 11.6. The van der Waals surface area contributed by atoms with Crippen molar-refractivity contribution in [2.45, 2.75) is 6.92 Å². The Kier molecular flexibility index (Phi) is 5.78. The van der Waals surface area contributed by atoms with Gasteiger partial charge in [0.05, 0.1) is 19.4 Å². The highest BCUT2D eigenvalue weighted by Crippen LogP contribution is 2.15. The van der Waals surface area contributed by atoms with Gasteiger partial charge in [-0.3, -0.25) is 4.79 Å². The van der Waals surface area contributed by atoms with Crippen LogP contribution >= 0.6 is 11.3 Å². The van der Waals surface area contributed by atoms with Crippen LogP contribution in [-0.2, 0) is 4.79 Å². The maximum absolute atomic E-state index is 11.6. The van der Waals surface area contributed by atoms with Gasteiger partial charge in [-0.2, -0.15) is 5.10 Å². The molecule has 0 saturated carbocycles. The topological polar surface area (TPSA) is 62.7 Å². The molecule has 0 radical (unpaired) electrons. The van der Waals surface area contributed by atoms with E-state index in [1.165, 1.54) is 0 Å². The second-order valence-corrected chi connectivity index (χ2v) is 5.10. The molecule has 0 aliphatic carbocycles. The van der Waals surface area contributed by atoms with Crippen LogP contribution in [0, 0.1) is 0 Å². The van der Waals surface area contributed by atoms with Gasteiger partial charge in [-0.05, 0) is 42.6 Å². The van der Waals surface area contributed by atoms with E-state index in [-0.39, 0.29) is 12.5 Å². The van der Waals surface area contributed by atoms with Gasteiger partial charge in [-0.1, -0.05) is 6.07 Å². The number of carbonyl (C=O) groups is 1. The van der Waals surface area contributed by atoms with Crippen molar-refractivity contribution in [3.63, 3.8) is 0 Å². The van der Waals surface area contributed by atoms with Crippen molar-refractivity contribution in [1.82, 2.24) is 5.43 Å². The zero-order chi connectivity index (χ0) is 14.9. The first-order valence-corrected chi connectivity index (χ1v) is 7.48. The molecule has 2 rings (SSSR count). The van der Waals surface area contributed by atoms with Crippen molar-refractivity contribution in [1.29, 1.82) is 0 Å². The molecule has 0 saturated heterocycles. The number of anilines is 1. The third kappa shape index (κ3) is 5.27. The van der Waals surface area contributed by atoms with E-state index < -0.39 is 0 Å². The minimum absolute atomic E-state index is 0.162. The predicted molar refractivity (Wildman–Crippen MR) is 86.2 cm³/mol. The van der Waals surface area contributed by atoms with Crippen LogP contribution in [0.3, 0.4) is 0 Å². The Morgan fingerprint density at radius 1 is 1.33 bits per heavy atom. The third-order valence-electron chi connectivity index (χ3n) is 2.54. The first-order valence-electron chi connectivity index (χ1n) is 6.60. The summed E-state index contributed by atoms with van der Waals surface area (Å²) in [6.07, 6.45) is 1.62. The van der Waals surface area contributed by atoms with Gasteiger partial charge in [0.25, 0.3) is 5.91 Å². The van der Waals surface area contributed by atoms with Crippen molar-refractivity contribution in [2.24, 2.45) is 5.10 Å². The molecule has 2 N–H and O–H groups in total. The summed E-state index contributed by atoms with van der Waals surface area (Å²) in [4.78, 5) is 12.6. The Hall–Kier alpha value is -2.34. The molecule has 1 heterocycles. The molecule has 0 aliphatic rings. The SMILES string of the molecule is CCOc1ccc(NCC(=O)N/N=C/c2cccs2)cc1. The quantitative estimate of drug-likeness (QED) is 0.610. The van der Waals surface area contributed by atoms with E-state index in [1.54, 1.807) is 17.6 Å². The number of ether oxygens (including phenoxy) is 1. The van der Waals surface area contributed by atoms with Gasteiger partial charge < -0.3 is 10.1 Å². The third-order valence-corrected chi connectivity index (χ3v) is 3.35. The van der Waals surface area contributed by atoms with Crippen molar-refractivity contribution in [2.75, 3.05) is 18.5 Å². The fourth-order valence-electron chi connectivity index (χ4n) is 1.59. The fourth-order valence-corrected chi connectivity index (χ4v) is 2.18. The highest BCUT2D eigenvalue weighted by atomic mass is 32.1. The molecule has 0 bridgehead atoms. The van der Waals surface area contributed by atoms with Crippen LogP contribution in [-0.4, -0.2) is 25.3 Å². The lowest BCUT2D eigenvalue weighted by Gasteiger charge is -2.07. The van der Waals surface area contributed by atoms with Gasteiger partial charge >= 0.3 is 0 Å². The number of nitrogens with zero attached hydrogens (tertiary/aromatic N) is 1. The average Bonchev–Trinajstić information content (AvgIpc) is 3.00. The summed E-state index contributed by atoms with van der Waals surface area (Å²) >= 11 is 1.56. The van der Waals surface area contributed by atoms with Crippen molar-refractivity contribution in [3.8, 4) is 5.75 Å². The lowest BCUT2D eigenvalue weighted by atomic mass is 10.3. The summed E-state index contributed by atoms with van der Waals surface area (Å²) in [7, 11) is 0. The molecule has 5 nitrogen and oxygen atoms in total. The number of carbonyl (C=O) groups excluding carboxylic acids is 1. The Balaban J connectivity index is 1.73. The van der Waals surface area contributed by atoms with Gasteiger partial charge in [0, 0.05) is 10.6 Å². The summed E-state index contributed by atoms with van der Waals surface area (Å²) in [5, 5.41) is 8.86. The van der Waals surface area contributed by atoms with E-state index >= 15 is 0 Å². The summed E-state index contributed by atoms with van der Waals surface area (Å²) in [5.41, 5.74) is 3.33. The van der Waals surface area contributed by atoms with E-state index in [1.807, 2.05) is 48.7 Å². The molecular formula is C15H17N3O2S. The molecule has 110 valence electrons. The van der Waals surface area contributed by atoms with Crippen LogP contribution in [0.25, 0.3) is 0 Å². The van der Waals surface area contributed by atoms with Gasteiger partial charge in [-0.25, -0.2) is 5.43 Å². The van der Waals surface area contributed by atoms with Crippen LogP contribution in [0.15, 0.2) is 46.9 Å². The summed E-state index contributed by atoms with van der Waals surface area (Å²) < 4.78 is 5.35. The molecule has 0 spiro atoms. The van der Waals surface area contributed by atoms with Gasteiger partial charge in [0.1, 0.15) is 5.75 Å². The number of benzene rings is 1. The van der Waals surface area contributed by atoms with E-state index in [0.717, 1.165) is 16.3 Å². The Morgan fingerprint density at radius 3 is 2.81 bits per heavy atom. The number of hydrogen-bond acceptors (Lipinski definition) is 5. The number of amides is 1. The molecule has 0 atom stereocenters. The molecule has 1 amide bonds. The van der Waals surface area contributed by atoms with E-state index in [9.17, 15) is 4.79 Å². The van der Waals surface area contributed by atoms with Crippen LogP contribution in [0.2, 0.25) is 0 Å². The normalized spacial score (nSPS) is 10.5. The highest BCUT2D eigenvalue weighted by molar-refractivity contribution is 7.11. The largest absolute Gasteiger partial charge is 0.494 e. The summed E-state index contributed by atoms with van der Waals surface area (Å²) in [5.74, 6) is 0.616. The van der Waals surface area contributed by atoms with Crippen molar-refractivity contribution < 1.29 is 9.53 Å². The minimum Gasteiger partial charge on any atom is -0.494 e. The summed E-state index contributed by atoms with van der Waals surface area (Å²) in [6.45, 7) is 2.74. The molecule has 1 aromatic heterocycles. The molecule has 0 unspecified atom stereocenters. The first-order chi connectivity index (χ1) is 10.3. The molecule has 2 aromatic rings. The van der Waals surface area contributed by atoms with Gasteiger partial charge in [-0.15, -0.1) is 11.3 Å². The average molecular weight is 303 g/mol. The Morgan fingerprint density at radius 2 is 2.14 bits per heavy atom. The van der Waals surface area contributed by atoms with Crippen LogP contribution in [0.4, 0.5) is 5.69 Å². The second-order valence-electron chi connectivity index (χ2n) is 4.12. The lowest BCUT2D eigenvalue weighted by molar-refractivity contribution is -0.119. The number of rotatable bonds is 7. The molecule has 0 fully saturated rings. The lowest BCUT2D eigenvalue weighted by Crippen LogP contribution is -2.25. The van der Waals surface area contributed by atoms with Crippen LogP contribution < -0.4 is 15.5 Å². The molecular weight excluding hydrogens is 286 g/mol. The fraction of sp³-hybridized carbons (Fsp3) is 0.200. The number of hydrazone groups is 1. The first kappa shape index (κ1) is 15.1. The number of thiophene rings is 1. The van der Waals surface area contributed by atoms with Gasteiger partial charge in [0.2, 0.25) is 0 Å². The molecule has 21 heavy (non-hydrogen) atoms. The molecule has 0 aliphatic heterocycles. The smallest absolute Gasteiger partial charge is 0.259 e. The van der Waals surface area contributed by atoms with Crippen molar-refractivity contribution >= 4 is 29.1 Å². The monoisotopic (exact) mass is 303 g/mol. The number of hydrogen-bond donors (Lipinski definition) is 2. The van der Waals surface area contributed by atoms with Crippen molar-refractivity contribution in [3.05, 3.63) is 46.7 Å². The Bertz CT molecular complexity index is 579. The van der Waals surface area contributed by atoms with E-state index in [4.69, 9.17) is 4.74 Å². The Labute approximate surface area is 127 Å². The number of nitrogens with one attached hydrogen (secondary N) is 2. The molecule has 6 heteroatoms. The zero-order valence-electron chi connectivity index (χ0n) is 11.7. The summed E-state index contributed by atoms with van der Waals surface area (Å²) in [6, 6.07) is 11.3. The molecule has 1 aromatic carbocycles. The van der Waals surface area contributed by atoms with E-state index in [2.05, 4.69) is 15.8 Å². The van der Waals surface area contributed by atoms with Crippen LogP contribution in [0.5, 0.6) is 5.75 Å².